The minimum absolute atomic E-state index is 0.543. The first-order valence-corrected chi connectivity index (χ1v) is 5.10. The van der Waals surface area contributed by atoms with Gasteiger partial charge in [0.2, 0.25) is 0 Å². The Morgan fingerprint density at radius 1 is 1.06 bits per heavy atom. The van der Waals surface area contributed by atoms with Gasteiger partial charge in [0.25, 0.3) is 0 Å². The van der Waals surface area contributed by atoms with Gasteiger partial charge < -0.3 is 9.47 Å². The molecule has 0 N–H and O–H groups in total. The molecule has 0 unspecified atom stereocenters. The molecule has 0 bridgehead atoms. The molecule has 81 valence electrons. The average Bonchev–Trinajstić information content (AvgIpc) is 2.38. The molecule has 0 fully saturated rings. The highest BCUT2D eigenvalue weighted by molar-refractivity contribution is 5.28. The van der Waals surface area contributed by atoms with Crippen LogP contribution in [-0.2, 0) is 6.61 Å². The van der Waals surface area contributed by atoms with Crippen molar-refractivity contribution in [3.05, 3.63) is 60.2 Å². The summed E-state index contributed by atoms with van der Waals surface area (Å²) < 4.78 is 10.8. The van der Waals surface area contributed by atoms with E-state index in [0.29, 0.717) is 6.61 Å². The molecule has 0 aromatic heterocycles. The fourth-order valence-electron chi connectivity index (χ4n) is 1.40. The first-order chi connectivity index (χ1) is 7.88. The summed E-state index contributed by atoms with van der Waals surface area (Å²) in [4.78, 5) is 0. The number of methoxy groups -OCH3 is 1. The summed E-state index contributed by atoms with van der Waals surface area (Å²) in [5.74, 6) is 1.70. The lowest BCUT2D eigenvalue weighted by molar-refractivity contribution is 0.305. The van der Waals surface area contributed by atoms with E-state index in [0.717, 1.165) is 17.1 Å². The van der Waals surface area contributed by atoms with E-state index in [2.05, 4.69) is 6.07 Å². The number of hydrogen-bond donors (Lipinski definition) is 0. The minimum Gasteiger partial charge on any atom is -0.497 e. The summed E-state index contributed by atoms with van der Waals surface area (Å²) in [5.41, 5.74) is 1.09. The van der Waals surface area contributed by atoms with Gasteiger partial charge in [-0.3, -0.25) is 0 Å². The summed E-state index contributed by atoms with van der Waals surface area (Å²) in [7, 11) is 1.66. The molecule has 0 saturated carbocycles. The zero-order valence-corrected chi connectivity index (χ0v) is 9.14. The maximum absolute atomic E-state index is 5.62. The van der Waals surface area contributed by atoms with E-state index >= 15 is 0 Å². The van der Waals surface area contributed by atoms with Crippen molar-refractivity contribution in [3.8, 4) is 11.5 Å². The van der Waals surface area contributed by atoms with Crippen LogP contribution in [-0.4, -0.2) is 7.11 Å². The summed E-state index contributed by atoms with van der Waals surface area (Å²) in [5, 5.41) is 0. The van der Waals surface area contributed by atoms with E-state index in [1.54, 1.807) is 7.11 Å². The van der Waals surface area contributed by atoms with Gasteiger partial charge in [-0.1, -0.05) is 24.3 Å². The fourth-order valence-corrected chi connectivity index (χ4v) is 1.40. The highest BCUT2D eigenvalue weighted by Crippen LogP contribution is 2.15. The Balaban J connectivity index is 1.99. The number of rotatable bonds is 4. The van der Waals surface area contributed by atoms with Gasteiger partial charge in [0.05, 0.1) is 7.11 Å². The number of ether oxygens (including phenoxy) is 2. The molecule has 2 aromatic carbocycles. The van der Waals surface area contributed by atoms with E-state index in [-0.39, 0.29) is 0 Å². The predicted molar refractivity (Wildman–Crippen MR) is 62.6 cm³/mol. The zero-order valence-electron chi connectivity index (χ0n) is 9.14. The second kappa shape index (κ2) is 5.21. The Morgan fingerprint density at radius 2 is 1.88 bits per heavy atom. The van der Waals surface area contributed by atoms with E-state index in [1.807, 2.05) is 48.5 Å². The molecule has 2 rings (SSSR count). The Bertz CT molecular complexity index is 437. The van der Waals surface area contributed by atoms with Crippen molar-refractivity contribution < 1.29 is 9.47 Å². The third-order valence-corrected chi connectivity index (χ3v) is 2.23. The molecule has 2 nitrogen and oxygen atoms in total. The molecular weight excluding hydrogens is 200 g/mol. The van der Waals surface area contributed by atoms with Crippen molar-refractivity contribution in [3.63, 3.8) is 0 Å². The molecule has 0 spiro atoms. The lowest BCUT2D eigenvalue weighted by Gasteiger charge is -2.07. The van der Waals surface area contributed by atoms with Crippen molar-refractivity contribution in [2.24, 2.45) is 0 Å². The third kappa shape index (κ3) is 2.76. The molecular formula is C14H13O2. The van der Waals surface area contributed by atoms with E-state index in [9.17, 15) is 0 Å². The topological polar surface area (TPSA) is 18.5 Å². The summed E-state index contributed by atoms with van der Waals surface area (Å²) >= 11 is 0. The molecule has 0 saturated heterocycles. The van der Waals surface area contributed by atoms with Crippen molar-refractivity contribution >= 4 is 0 Å². The normalized spacial score (nSPS) is 9.81. The van der Waals surface area contributed by atoms with Gasteiger partial charge in [0.1, 0.15) is 18.1 Å². The summed E-state index contributed by atoms with van der Waals surface area (Å²) in [6.07, 6.45) is 0. The first kappa shape index (κ1) is 10.6. The minimum atomic E-state index is 0.543. The SMILES string of the molecule is COc1cccc(COc2cc[c]cc2)c1. The molecule has 0 amide bonds. The molecule has 0 heterocycles. The molecule has 0 aliphatic heterocycles. The van der Waals surface area contributed by atoms with Crippen LogP contribution in [0.1, 0.15) is 5.56 Å². The molecule has 2 heteroatoms. The second-order valence-electron chi connectivity index (χ2n) is 3.38. The van der Waals surface area contributed by atoms with Crippen molar-refractivity contribution in [1.82, 2.24) is 0 Å². The van der Waals surface area contributed by atoms with Gasteiger partial charge in [-0.2, -0.15) is 0 Å². The standard InChI is InChI=1S/C14H13O2/c1-15-14-9-5-6-12(10-14)11-16-13-7-3-2-4-8-13/h3-10H,11H2,1H3. The summed E-state index contributed by atoms with van der Waals surface area (Å²) in [6, 6.07) is 18.2. The Kier molecular flexibility index (Phi) is 3.44. The van der Waals surface area contributed by atoms with Crippen molar-refractivity contribution in [2.45, 2.75) is 6.61 Å². The lowest BCUT2D eigenvalue weighted by Crippen LogP contribution is -1.95. The molecule has 0 aliphatic carbocycles. The highest BCUT2D eigenvalue weighted by atomic mass is 16.5. The van der Waals surface area contributed by atoms with Crippen LogP contribution in [0.5, 0.6) is 11.5 Å². The van der Waals surface area contributed by atoms with Gasteiger partial charge in [0.15, 0.2) is 0 Å². The van der Waals surface area contributed by atoms with Crippen LogP contribution in [0.15, 0.2) is 48.5 Å². The highest BCUT2D eigenvalue weighted by Gasteiger charge is 1.97. The van der Waals surface area contributed by atoms with Crippen LogP contribution < -0.4 is 9.47 Å². The maximum Gasteiger partial charge on any atom is 0.119 e. The van der Waals surface area contributed by atoms with Gasteiger partial charge in [-0.25, -0.2) is 0 Å². The molecule has 0 atom stereocenters. The largest absolute Gasteiger partial charge is 0.497 e. The van der Waals surface area contributed by atoms with Gasteiger partial charge in [-0.15, -0.1) is 0 Å². The van der Waals surface area contributed by atoms with Crippen molar-refractivity contribution in [1.29, 1.82) is 0 Å². The third-order valence-electron chi connectivity index (χ3n) is 2.23. The molecule has 16 heavy (non-hydrogen) atoms. The van der Waals surface area contributed by atoms with Crippen LogP contribution in [0.25, 0.3) is 0 Å². The zero-order chi connectivity index (χ0) is 11.2. The van der Waals surface area contributed by atoms with E-state index < -0.39 is 0 Å². The second-order valence-corrected chi connectivity index (χ2v) is 3.38. The van der Waals surface area contributed by atoms with Gasteiger partial charge in [-0.05, 0) is 35.9 Å². The van der Waals surface area contributed by atoms with Gasteiger partial charge >= 0.3 is 0 Å². The predicted octanol–water partition coefficient (Wildman–Crippen LogP) is 3.07. The maximum atomic E-state index is 5.62. The molecule has 2 aromatic rings. The van der Waals surface area contributed by atoms with Crippen LogP contribution in [0, 0.1) is 6.07 Å². The first-order valence-electron chi connectivity index (χ1n) is 5.10. The van der Waals surface area contributed by atoms with Crippen LogP contribution in [0.2, 0.25) is 0 Å². The fraction of sp³-hybridized carbons (Fsp3) is 0.143. The quantitative estimate of drug-likeness (QED) is 0.777. The molecule has 0 aliphatic rings. The van der Waals surface area contributed by atoms with Crippen LogP contribution >= 0.6 is 0 Å². The average molecular weight is 213 g/mol. The Hall–Kier alpha value is -1.96. The number of benzene rings is 2. The van der Waals surface area contributed by atoms with Crippen LogP contribution in [0.3, 0.4) is 0 Å². The Labute approximate surface area is 95.4 Å². The Morgan fingerprint density at radius 3 is 2.62 bits per heavy atom. The molecule has 1 radical (unpaired) electrons. The van der Waals surface area contributed by atoms with Crippen LogP contribution in [0.4, 0.5) is 0 Å². The lowest BCUT2D eigenvalue weighted by atomic mass is 10.2. The van der Waals surface area contributed by atoms with E-state index in [1.165, 1.54) is 0 Å². The van der Waals surface area contributed by atoms with Crippen molar-refractivity contribution in [2.75, 3.05) is 7.11 Å². The number of hydrogen-bond acceptors (Lipinski definition) is 2. The monoisotopic (exact) mass is 213 g/mol. The van der Waals surface area contributed by atoms with Gasteiger partial charge in [0, 0.05) is 0 Å². The smallest absolute Gasteiger partial charge is 0.119 e. The summed E-state index contributed by atoms with van der Waals surface area (Å²) in [6.45, 7) is 0.543. The van der Waals surface area contributed by atoms with E-state index in [4.69, 9.17) is 9.47 Å².